The Hall–Kier alpha value is -2.41. The lowest BCUT2D eigenvalue weighted by atomic mass is 9.86. The SMILES string of the molecule is COc1ccc(-c2nc(C(=O)O[C@H](C)C(=O)N[C@@H]3CCCC[C@H]3C)cs2)cc1. The molecule has 1 aromatic heterocycles. The molecule has 0 spiro atoms. The monoisotopic (exact) mass is 402 g/mol. The van der Waals surface area contributed by atoms with Crippen molar-refractivity contribution in [3.63, 3.8) is 0 Å². The number of nitrogens with one attached hydrogen (secondary N) is 1. The third-order valence-corrected chi connectivity index (χ3v) is 6.03. The molecule has 0 radical (unpaired) electrons. The van der Waals surface area contributed by atoms with Crippen molar-refractivity contribution in [2.45, 2.75) is 51.7 Å². The minimum Gasteiger partial charge on any atom is -0.497 e. The van der Waals surface area contributed by atoms with Crippen LogP contribution in [0.2, 0.25) is 0 Å². The predicted molar refractivity (Wildman–Crippen MR) is 109 cm³/mol. The van der Waals surface area contributed by atoms with Crippen molar-refractivity contribution in [2.24, 2.45) is 5.92 Å². The van der Waals surface area contributed by atoms with E-state index in [1.54, 1.807) is 19.4 Å². The van der Waals surface area contributed by atoms with Crippen LogP contribution in [0.15, 0.2) is 29.6 Å². The number of carbonyl (C=O) groups is 2. The summed E-state index contributed by atoms with van der Waals surface area (Å²) in [5.74, 6) is 0.367. The maximum atomic E-state index is 12.4. The van der Waals surface area contributed by atoms with Gasteiger partial charge in [-0.1, -0.05) is 19.8 Å². The van der Waals surface area contributed by atoms with Gasteiger partial charge in [-0.05, 0) is 49.9 Å². The van der Waals surface area contributed by atoms with E-state index in [1.807, 2.05) is 24.3 Å². The number of carbonyl (C=O) groups excluding carboxylic acids is 2. The van der Waals surface area contributed by atoms with E-state index in [1.165, 1.54) is 17.8 Å². The highest BCUT2D eigenvalue weighted by Crippen LogP contribution is 2.26. The van der Waals surface area contributed by atoms with E-state index >= 15 is 0 Å². The molecule has 3 rings (SSSR count). The van der Waals surface area contributed by atoms with E-state index in [4.69, 9.17) is 9.47 Å². The number of amides is 1. The summed E-state index contributed by atoms with van der Waals surface area (Å²) in [5, 5.41) is 5.38. The highest BCUT2D eigenvalue weighted by molar-refractivity contribution is 7.13. The summed E-state index contributed by atoms with van der Waals surface area (Å²) in [4.78, 5) is 29.1. The van der Waals surface area contributed by atoms with Gasteiger partial charge in [0.2, 0.25) is 0 Å². The largest absolute Gasteiger partial charge is 0.497 e. The molecular formula is C21H26N2O4S. The molecule has 150 valence electrons. The second-order valence-electron chi connectivity index (χ2n) is 7.19. The molecule has 6 nitrogen and oxygen atoms in total. The van der Waals surface area contributed by atoms with Crippen molar-refractivity contribution in [3.8, 4) is 16.3 Å². The second kappa shape index (κ2) is 9.19. The highest BCUT2D eigenvalue weighted by atomic mass is 32.1. The van der Waals surface area contributed by atoms with Crippen molar-refractivity contribution >= 4 is 23.2 Å². The van der Waals surface area contributed by atoms with Crippen LogP contribution in [0, 0.1) is 5.92 Å². The minimum atomic E-state index is -0.854. The van der Waals surface area contributed by atoms with Gasteiger partial charge in [0.25, 0.3) is 5.91 Å². The first-order valence-electron chi connectivity index (χ1n) is 9.59. The third-order valence-electron chi connectivity index (χ3n) is 5.14. The van der Waals surface area contributed by atoms with Crippen molar-refractivity contribution in [2.75, 3.05) is 7.11 Å². The van der Waals surface area contributed by atoms with Crippen molar-refractivity contribution in [1.29, 1.82) is 0 Å². The van der Waals surface area contributed by atoms with E-state index in [-0.39, 0.29) is 17.6 Å². The van der Waals surface area contributed by atoms with Crippen LogP contribution in [0.1, 0.15) is 50.0 Å². The average Bonchev–Trinajstić information content (AvgIpc) is 3.20. The normalized spacial score (nSPS) is 20.2. The summed E-state index contributed by atoms with van der Waals surface area (Å²) >= 11 is 1.36. The Bertz CT molecular complexity index is 818. The van der Waals surface area contributed by atoms with Gasteiger partial charge in [0.15, 0.2) is 11.8 Å². The molecule has 1 aliphatic carbocycles. The van der Waals surface area contributed by atoms with Crippen LogP contribution in [0.3, 0.4) is 0 Å². The fraction of sp³-hybridized carbons (Fsp3) is 0.476. The summed E-state index contributed by atoms with van der Waals surface area (Å²) in [7, 11) is 1.61. The standard InChI is InChI=1S/C21H26N2O4S/c1-13-6-4-5-7-17(13)22-19(24)14(2)27-21(25)18-12-28-20(23-18)15-8-10-16(26-3)11-9-15/h8-14,17H,4-7H2,1-3H3,(H,22,24)/t13-,14-,17-/m1/s1. The van der Waals surface area contributed by atoms with Crippen LogP contribution >= 0.6 is 11.3 Å². The van der Waals surface area contributed by atoms with E-state index in [0.717, 1.165) is 30.6 Å². The van der Waals surface area contributed by atoms with Gasteiger partial charge in [0, 0.05) is 17.0 Å². The number of hydrogen-bond donors (Lipinski definition) is 1. The molecule has 0 saturated heterocycles. The van der Waals surface area contributed by atoms with Crippen LogP contribution in [0.4, 0.5) is 0 Å². The fourth-order valence-corrected chi connectivity index (χ4v) is 4.13. The maximum Gasteiger partial charge on any atom is 0.358 e. The van der Waals surface area contributed by atoms with Crippen LogP contribution in [0.25, 0.3) is 10.6 Å². The lowest BCUT2D eigenvalue weighted by Crippen LogP contribution is -2.46. The van der Waals surface area contributed by atoms with E-state index in [2.05, 4.69) is 17.2 Å². The molecule has 0 unspecified atom stereocenters. The lowest BCUT2D eigenvalue weighted by molar-refractivity contribution is -0.130. The van der Waals surface area contributed by atoms with E-state index < -0.39 is 12.1 Å². The molecule has 0 bridgehead atoms. The molecule has 0 aliphatic heterocycles. The van der Waals surface area contributed by atoms with Crippen molar-refractivity contribution in [1.82, 2.24) is 10.3 Å². The smallest absolute Gasteiger partial charge is 0.358 e. The van der Waals surface area contributed by atoms with Gasteiger partial charge < -0.3 is 14.8 Å². The molecule has 1 aromatic carbocycles. The van der Waals surface area contributed by atoms with Crippen LogP contribution < -0.4 is 10.1 Å². The zero-order valence-electron chi connectivity index (χ0n) is 16.4. The third kappa shape index (κ3) is 4.90. The number of hydrogen-bond acceptors (Lipinski definition) is 6. The summed E-state index contributed by atoms with van der Waals surface area (Å²) in [5.41, 5.74) is 1.10. The first-order chi connectivity index (χ1) is 13.5. The van der Waals surface area contributed by atoms with Gasteiger partial charge in [-0.2, -0.15) is 0 Å². The van der Waals surface area contributed by atoms with E-state index in [9.17, 15) is 9.59 Å². The van der Waals surface area contributed by atoms with Gasteiger partial charge in [-0.3, -0.25) is 4.79 Å². The maximum absolute atomic E-state index is 12.4. The minimum absolute atomic E-state index is 0.156. The summed E-state index contributed by atoms with van der Waals surface area (Å²) < 4.78 is 10.5. The molecule has 1 heterocycles. The zero-order valence-corrected chi connectivity index (χ0v) is 17.3. The van der Waals surface area contributed by atoms with Crippen molar-refractivity contribution < 1.29 is 19.1 Å². The first kappa shape index (κ1) is 20.3. The first-order valence-corrected chi connectivity index (χ1v) is 10.5. The number of benzene rings is 1. The number of thiazole rings is 1. The number of aromatic nitrogens is 1. The molecule has 2 aromatic rings. The Balaban J connectivity index is 1.58. The van der Waals surface area contributed by atoms with Crippen LogP contribution in [0.5, 0.6) is 5.75 Å². The van der Waals surface area contributed by atoms with Crippen LogP contribution in [-0.4, -0.2) is 36.1 Å². The fourth-order valence-electron chi connectivity index (χ4n) is 3.34. The molecule has 7 heteroatoms. The van der Waals surface area contributed by atoms with Gasteiger partial charge in [0.1, 0.15) is 10.8 Å². The van der Waals surface area contributed by atoms with Gasteiger partial charge in [-0.25, -0.2) is 9.78 Å². The Morgan fingerprint density at radius 1 is 1.21 bits per heavy atom. The predicted octanol–water partition coefficient (Wildman–Crippen LogP) is 4.06. The Kier molecular flexibility index (Phi) is 6.67. The summed E-state index contributed by atoms with van der Waals surface area (Å²) in [6.07, 6.45) is 3.57. The number of ether oxygens (including phenoxy) is 2. The number of nitrogens with zero attached hydrogens (tertiary/aromatic N) is 1. The Labute approximate surface area is 169 Å². The number of rotatable bonds is 6. The number of esters is 1. The Morgan fingerprint density at radius 3 is 2.61 bits per heavy atom. The van der Waals surface area contributed by atoms with Gasteiger partial charge >= 0.3 is 5.97 Å². The second-order valence-corrected chi connectivity index (χ2v) is 8.05. The molecule has 1 fully saturated rings. The highest BCUT2D eigenvalue weighted by Gasteiger charge is 2.27. The lowest BCUT2D eigenvalue weighted by Gasteiger charge is -2.30. The molecule has 1 saturated carbocycles. The summed E-state index contributed by atoms with van der Waals surface area (Å²) in [6, 6.07) is 7.60. The van der Waals surface area contributed by atoms with E-state index in [0.29, 0.717) is 10.9 Å². The molecule has 28 heavy (non-hydrogen) atoms. The van der Waals surface area contributed by atoms with Crippen LogP contribution in [-0.2, 0) is 9.53 Å². The average molecular weight is 403 g/mol. The molecule has 1 aliphatic rings. The zero-order chi connectivity index (χ0) is 20.1. The molecule has 1 N–H and O–H groups in total. The Morgan fingerprint density at radius 2 is 1.93 bits per heavy atom. The molecule has 3 atom stereocenters. The van der Waals surface area contributed by atoms with Gasteiger partial charge in [0.05, 0.1) is 7.11 Å². The van der Waals surface area contributed by atoms with Gasteiger partial charge in [-0.15, -0.1) is 11.3 Å². The molecular weight excluding hydrogens is 376 g/mol. The summed E-state index contributed by atoms with van der Waals surface area (Å²) in [6.45, 7) is 3.74. The number of methoxy groups -OCH3 is 1. The van der Waals surface area contributed by atoms with Crippen molar-refractivity contribution in [3.05, 3.63) is 35.3 Å². The quantitative estimate of drug-likeness (QED) is 0.738. The topological polar surface area (TPSA) is 77.5 Å². The molecule has 1 amide bonds.